The molecule has 2 aromatic rings. The maximum Gasteiger partial charge on any atom is 0.198 e. The van der Waals surface area contributed by atoms with E-state index in [4.69, 9.17) is 11.6 Å². The maximum absolute atomic E-state index is 6.04. The average Bonchev–Trinajstić information content (AvgIpc) is 2.58. The van der Waals surface area contributed by atoms with Crippen molar-refractivity contribution in [2.75, 3.05) is 14.1 Å². The van der Waals surface area contributed by atoms with Crippen molar-refractivity contribution in [3.05, 3.63) is 22.4 Å². The molecule has 86 valence electrons. The molecule has 0 amide bonds. The predicted molar refractivity (Wildman–Crippen MR) is 62.7 cm³/mol. The van der Waals surface area contributed by atoms with Crippen molar-refractivity contribution < 1.29 is 0 Å². The first-order chi connectivity index (χ1) is 7.50. The normalized spacial score (nSPS) is 11.6. The molecule has 0 aliphatic carbocycles. The van der Waals surface area contributed by atoms with Crippen LogP contribution in [0.15, 0.2) is 0 Å². The summed E-state index contributed by atoms with van der Waals surface area (Å²) in [6, 6.07) is 0. The van der Waals surface area contributed by atoms with Crippen LogP contribution in [0.3, 0.4) is 0 Å². The summed E-state index contributed by atoms with van der Waals surface area (Å²) < 4.78 is 1.96. The van der Waals surface area contributed by atoms with Gasteiger partial charge in [-0.1, -0.05) is 11.6 Å². The number of aryl methyl sites for hydroxylation is 2. The van der Waals surface area contributed by atoms with Gasteiger partial charge in [-0.25, -0.2) is 4.98 Å². The standard InChI is InChI=1S/C10H14ClN5/c1-6-7(2)16-8(5-15(3)4)13-14-10(16)9(11)12-6/h5H2,1-4H3. The molecule has 0 N–H and O–H groups in total. The zero-order chi connectivity index (χ0) is 11.9. The quantitative estimate of drug-likeness (QED) is 0.796. The summed E-state index contributed by atoms with van der Waals surface area (Å²) in [4.78, 5) is 6.26. The molecule has 5 nitrogen and oxygen atoms in total. The van der Waals surface area contributed by atoms with Gasteiger partial charge in [-0.3, -0.25) is 4.40 Å². The van der Waals surface area contributed by atoms with E-state index in [1.54, 1.807) is 0 Å². The summed E-state index contributed by atoms with van der Waals surface area (Å²) in [6.45, 7) is 4.65. The van der Waals surface area contributed by atoms with Gasteiger partial charge in [0.25, 0.3) is 0 Å². The second kappa shape index (κ2) is 3.99. The van der Waals surface area contributed by atoms with Gasteiger partial charge < -0.3 is 4.90 Å². The van der Waals surface area contributed by atoms with Gasteiger partial charge in [0, 0.05) is 5.69 Å². The molecule has 0 aromatic carbocycles. The highest BCUT2D eigenvalue weighted by Gasteiger charge is 2.14. The van der Waals surface area contributed by atoms with Gasteiger partial charge in [-0.15, -0.1) is 10.2 Å². The smallest absolute Gasteiger partial charge is 0.198 e. The van der Waals surface area contributed by atoms with Crippen LogP contribution in [-0.2, 0) is 6.54 Å². The first kappa shape index (κ1) is 11.3. The summed E-state index contributed by atoms with van der Waals surface area (Å²) in [5.74, 6) is 0.880. The maximum atomic E-state index is 6.04. The van der Waals surface area contributed by atoms with Crippen molar-refractivity contribution in [1.29, 1.82) is 0 Å². The lowest BCUT2D eigenvalue weighted by Crippen LogP contribution is -2.14. The minimum absolute atomic E-state index is 0.403. The van der Waals surface area contributed by atoms with Gasteiger partial charge >= 0.3 is 0 Å². The number of hydrogen-bond donors (Lipinski definition) is 0. The fourth-order valence-electron chi connectivity index (χ4n) is 1.63. The number of hydrogen-bond acceptors (Lipinski definition) is 4. The third-order valence-electron chi connectivity index (χ3n) is 2.50. The van der Waals surface area contributed by atoms with E-state index in [2.05, 4.69) is 15.2 Å². The Labute approximate surface area is 99.1 Å². The molecule has 2 rings (SSSR count). The topological polar surface area (TPSA) is 46.3 Å². The highest BCUT2D eigenvalue weighted by Crippen LogP contribution is 2.18. The summed E-state index contributed by atoms with van der Waals surface area (Å²) in [7, 11) is 3.98. The number of fused-ring (bicyclic) bond motifs is 1. The van der Waals surface area contributed by atoms with E-state index in [9.17, 15) is 0 Å². The number of halogens is 1. The van der Waals surface area contributed by atoms with Crippen LogP contribution in [0.2, 0.25) is 5.15 Å². The molecule has 6 heteroatoms. The molecular formula is C10H14ClN5. The third kappa shape index (κ3) is 1.76. The zero-order valence-corrected chi connectivity index (χ0v) is 10.6. The van der Waals surface area contributed by atoms with Crippen molar-refractivity contribution in [3.8, 4) is 0 Å². The number of nitrogens with zero attached hydrogens (tertiary/aromatic N) is 5. The Morgan fingerprint density at radius 2 is 1.94 bits per heavy atom. The fourth-order valence-corrected chi connectivity index (χ4v) is 1.88. The predicted octanol–water partition coefficient (Wildman–Crippen LogP) is 1.46. The Kier molecular flexibility index (Phi) is 2.82. The summed E-state index contributed by atoms with van der Waals surface area (Å²) in [5, 5.41) is 8.61. The lowest BCUT2D eigenvalue weighted by molar-refractivity contribution is 0.388. The molecule has 0 unspecified atom stereocenters. The molecule has 0 bridgehead atoms. The van der Waals surface area contributed by atoms with Gasteiger partial charge in [0.15, 0.2) is 16.6 Å². The van der Waals surface area contributed by atoms with Crippen LogP contribution in [0.1, 0.15) is 17.2 Å². The molecule has 16 heavy (non-hydrogen) atoms. The molecule has 2 aromatic heterocycles. The van der Waals surface area contributed by atoms with Crippen molar-refractivity contribution in [2.45, 2.75) is 20.4 Å². The second-order valence-corrected chi connectivity index (χ2v) is 4.44. The number of aromatic nitrogens is 4. The van der Waals surface area contributed by atoms with Crippen molar-refractivity contribution >= 4 is 17.2 Å². The molecule has 2 heterocycles. The van der Waals surface area contributed by atoms with Gasteiger partial charge in [-0.2, -0.15) is 0 Å². The number of rotatable bonds is 2. The fraction of sp³-hybridized carbons (Fsp3) is 0.500. The third-order valence-corrected chi connectivity index (χ3v) is 2.75. The van der Waals surface area contributed by atoms with Crippen LogP contribution in [0.5, 0.6) is 0 Å². The van der Waals surface area contributed by atoms with Crippen LogP contribution in [0, 0.1) is 13.8 Å². The van der Waals surface area contributed by atoms with Gasteiger partial charge in [0.1, 0.15) is 0 Å². The second-order valence-electron chi connectivity index (χ2n) is 4.09. The van der Waals surface area contributed by atoms with E-state index < -0.39 is 0 Å². The molecule has 0 spiro atoms. The summed E-state index contributed by atoms with van der Waals surface area (Å²) in [6.07, 6.45) is 0. The van der Waals surface area contributed by atoms with Gasteiger partial charge in [0.2, 0.25) is 0 Å². The minimum atomic E-state index is 0.403. The van der Waals surface area contributed by atoms with E-state index in [1.807, 2.05) is 37.2 Å². The van der Waals surface area contributed by atoms with Gasteiger partial charge in [0.05, 0.1) is 12.2 Å². The molecule has 0 saturated heterocycles. The Morgan fingerprint density at radius 1 is 1.25 bits per heavy atom. The molecule has 0 radical (unpaired) electrons. The molecule has 0 aliphatic rings. The summed E-state index contributed by atoms with van der Waals surface area (Å²) in [5.41, 5.74) is 2.56. The largest absolute Gasteiger partial charge is 0.302 e. The van der Waals surface area contributed by atoms with Crippen LogP contribution in [0.4, 0.5) is 0 Å². The van der Waals surface area contributed by atoms with Crippen molar-refractivity contribution in [1.82, 2.24) is 24.5 Å². The Bertz CT molecular complexity index is 531. The first-order valence-corrected chi connectivity index (χ1v) is 5.40. The van der Waals surface area contributed by atoms with Crippen LogP contribution < -0.4 is 0 Å². The Balaban J connectivity index is 2.69. The van der Waals surface area contributed by atoms with E-state index in [-0.39, 0.29) is 0 Å². The van der Waals surface area contributed by atoms with E-state index in [0.717, 1.165) is 23.8 Å². The molecule has 0 fully saturated rings. The molecule has 0 aliphatic heterocycles. The minimum Gasteiger partial charge on any atom is -0.302 e. The van der Waals surface area contributed by atoms with Gasteiger partial charge in [-0.05, 0) is 27.9 Å². The van der Waals surface area contributed by atoms with E-state index >= 15 is 0 Å². The SMILES string of the molecule is Cc1nc(Cl)c2nnc(CN(C)C)n2c1C. The molecule has 0 saturated carbocycles. The molecular weight excluding hydrogens is 226 g/mol. The van der Waals surface area contributed by atoms with Crippen LogP contribution in [-0.4, -0.2) is 38.6 Å². The zero-order valence-electron chi connectivity index (χ0n) is 9.82. The van der Waals surface area contributed by atoms with Crippen LogP contribution >= 0.6 is 11.6 Å². The van der Waals surface area contributed by atoms with E-state index in [0.29, 0.717) is 10.8 Å². The lowest BCUT2D eigenvalue weighted by atomic mass is 10.3. The highest BCUT2D eigenvalue weighted by molar-refractivity contribution is 6.32. The Hall–Kier alpha value is -1.20. The average molecular weight is 240 g/mol. The monoisotopic (exact) mass is 239 g/mol. The Morgan fingerprint density at radius 3 is 2.56 bits per heavy atom. The lowest BCUT2D eigenvalue weighted by Gasteiger charge is -2.10. The van der Waals surface area contributed by atoms with E-state index in [1.165, 1.54) is 0 Å². The highest BCUT2D eigenvalue weighted by atomic mass is 35.5. The summed E-state index contributed by atoms with van der Waals surface area (Å²) >= 11 is 6.04. The van der Waals surface area contributed by atoms with Crippen LogP contribution in [0.25, 0.3) is 5.65 Å². The van der Waals surface area contributed by atoms with Crippen molar-refractivity contribution in [2.24, 2.45) is 0 Å². The first-order valence-electron chi connectivity index (χ1n) is 5.02. The molecule has 0 atom stereocenters. The van der Waals surface area contributed by atoms with Crippen molar-refractivity contribution in [3.63, 3.8) is 0 Å².